The van der Waals surface area contributed by atoms with Crippen LogP contribution in [0.4, 0.5) is 0 Å². The Bertz CT molecular complexity index is 892. The van der Waals surface area contributed by atoms with Crippen molar-refractivity contribution >= 4 is 17.2 Å². The van der Waals surface area contributed by atoms with Gasteiger partial charge >= 0.3 is 0 Å². The maximum atomic E-state index is 11.3. The van der Waals surface area contributed by atoms with Gasteiger partial charge in [-0.15, -0.1) is 0 Å². The van der Waals surface area contributed by atoms with E-state index in [1.54, 1.807) is 0 Å². The molecule has 0 radical (unpaired) electrons. The molecule has 0 amide bonds. The Morgan fingerprint density at radius 3 is 2.63 bits per heavy atom. The number of carbonyl (C=O) groups excluding carboxylic acids is 1. The molecule has 1 saturated heterocycles. The Balaban J connectivity index is 1.35. The van der Waals surface area contributed by atoms with Gasteiger partial charge in [0.25, 0.3) is 0 Å². The molecule has 140 valence electrons. The van der Waals surface area contributed by atoms with Crippen LogP contribution < -0.4 is 10.1 Å². The number of fused-ring (bicyclic) bond motifs is 1. The smallest absolute Gasteiger partial charge is 0.152 e. The Hall–Kier alpha value is -2.59. The molecular formula is C23H26N2O2. The molecule has 1 fully saturated rings. The van der Waals surface area contributed by atoms with Crippen LogP contribution in [0.2, 0.25) is 0 Å². The first kappa shape index (κ1) is 17.8. The maximum absolute atomic E-state index is 11.3. The van der Waals surface area contributed by atoms with Crippen molar-refractivity contribution < 1.29 is 9.53 Å². The van der Waals surface area contributed by atoms with Crippen LogP contribution in [-0.2, 0) is 13.0 Å². The molecular weight excluding hydrogens is 336 g/mol. The molecule has 1 aromatic heterocycles. The monoisotopic (exact) mass is 362 g/mol. The number of aryl methyl sites for hydroxylation is 2. The highest BCUT2D eigenvalue weighted by Crippen LogP contribution is 2.21. The Kier molecular flexibility index (Phi) is 5.54. The van der Waals surface area contributed by atoms with E-state index in [-0.39, 0.29) is 0 Å². The summed E-state index contributed by atoms with van der Waals surface area (Å²) in [6.45, 7) is 3.87. The largest absolute Gasteiger partial charge is 0.493 e. The number of hydrogen-bond acceptors (Lipinski definition) is 3. The molecule has 0 saturated carbocycles. The number of nitrogens with one attached hydrogen (secondary N) is 1. The predicted molar refractivity (Wildman–Crippen MR) is 109 cm³/mol. The average molecular weight is 362 g/mol. The molecule has 2 heterocycles. The number of para-hydroxylation sites is 1. The molecule has 1 aliphatic heterocycles. The summed E-state index contributed by atoms with van der Waals surface area (Å²) in [6, 6.07) is 16.5. The van der Waals surface area contributed by atoms with Crippen molar-refractivity contribution in [3.63, 3.8) is 0 Å². The molecule has 0 atom stereocenters. The number of aldehydes is 1. The summed E-state index contributed by atoms with van der Waals surface area (Å²) >= 11 is 0. The Labute approximate surface area is 160 Å². The second kappa shape index (κ2) is 8.40. The van der Waals surface area contributed by atoms with Crippen LogP contribution >= 0.6 is 0 Å². The predicted octanol–water partition coefficient (Wildman–Crippen LogP) is 4.07. The van der Waals surface area contributed by atoms with Gasteiger partial charge in [0.05, 0.1) is 6.61 Å². The Morgan fingerprint density at radius 1 is 1.07 bits per heavy atom. The molecule has 0 aliphatic carbocycles. The summed E-state index contributed by atoms with van der Waals surface area (Å²) in [7, 11) is 0. The number of aromatic nitrogens is 1. The van der Waals surface area contributed by atoms with Gasteiger partial charge in [0, 0.05) is 29.2 Å². The second-order valence-corrected chi connectivity index (χ2v) is 7.31. The van der Waals surface area contributed by atoms with E-state index in [0.29, 0.717) is 5.92 Å². The highest BCUT2D eigenvalue weighted by molar-refractivity contribution is 5.97. The second-order valence-electron chi connectivity index (χ2n) is 7.31. The van der Waals surface area contributed by atoms with E-state index in [4.69, 9.17) is 4.74 Å². The van der Waals surface area contributed by atoms with Crippen LogP contribution in [0.1, 0.15) is 28.8 Å². The lowest BCUT2D eigenvalue weighted by Gasteiger charge is -2.22. The van der Waals surface area contributed by atoms with Crippen molar-refractivity contribution in [1.29, 1.82) is 0 Å². The summed E-state index contributed by atoms with van der Waals surface area (Å²) in [5.74, 6) is 1.62. The standard InChI is InChI=1S/C23H26N2O2/c26-16-20-15-25(23-4-2-1-3-22(20)23)14-11-18-5-7-21(8-6-18)27-17-19-9-12-24-13-10-19/h1-8,15-16,19,24H,9-14,17H2. The average Bonchev–Trinajstić information content (AvgIpc) is 3.10. The van der Waals surface area contributed by atoms with Crippen LogP contribution in [0, 0.1) is 5.92 Å². The van der Waals surface area contributed by atoms with Gasteiger partial charge in [-0.25, -0.2) is 0 Å². The summed E-state index contributed by atoms with van der Waals surface area (Å²) in [4.78, 5) is 11.3. The Morgan fingerprint density at radius 2 is 1.85 bits per heavy atom. The highest BCUT2D eigenvalue weighted by atomic mass is 16.5. The van der Waals surface area contributed by atoms with Crippen LogP contribution in [0.5, 0.6) is 5.75 Å². The molecule has 4 heteroatoms. The number of piperidine rings is 1. The summed E-state index contributed by atoms with van der Waals surface area (Å²) in [5, 5.41) is 4.41. The van der Waals surface area contributed by atoms with Crippen molar-refractivity contribution in [2.24, 2.45) is 5.92 Å². The molecule has 2 aromatic carbocycles. The fourth-order valence-electron chi connectivity index (χ4n) is 3.82. The number of nitrogens with zero attached hydrogens (tertiary/aromatic N) is 1. The van der Waals surface area contributed by atoms with Gasteiger partial charge in [-0.3, -0.25) is 4.79 Å². The first-order chi connectivity index (χ1) is 13.3. The quantitative estimate of drug-likeness (QED) is 0.644. The summed E-state index contributed by atoms with van der Waals surface area (Å²) < 4.78 is 8.13. The fraction of sp³-hybridized carbons (Fsp3) is 0.348. The van der Waals surface area contributed by atoms with Gasteiger partial charge in [-0.2, -0.15) is 0 Å². The van der Waals surface area contributed by atoms with Crippen LogP contribution in [0.3, 0.4) is 0 Å². The van der Waals surface area contributed by atoms with E-state index >= 15 is 0 Å². The van der Waals surface area contributed by atoms with E-state index in [1.165, 1.54) is 18.4 Å². The molecule has 27 heavy (non-hydrogen) atoms. The number of benzene rings is 2. The van der Waals surface area contributed by atoms with E-state index in [1.807, 2.05) is 24.4 Å². The topological polar surface area (TPSA) is 43.3 Å². The first-order valence-corrected chi connectivity index (χ1v) is 9.79. The van der Waals surface area contributed by atoms with Crippen molar-refractivity contribution in [2.75, 3.05) is 19.7 Å². The molecule has 4 nitrogen and oxygen atoms in total. The van der Waals surface area contributed by atoms with Crippen molar-refractivity contribution in [2.45, 2.75) is 25.8 Å². The molecule has 1 N–H and O–H groups in total. The van der Waals surface area contributed by atoms with Crippen LogP contribution in [0.25, 0.3) is 10.9 Å². The third-order valence-electron chi connectivity index (χ3n) is 5.46. The number of rotatable bonds is 7. The van der Waals surface area contributed by atoms with Gasteiger partial charge in [0.15, 0.2) is 6.29 Å². The van der Waals surface area contributed by atoms with Gasteiger partial charge in [-0.05, 0) is 62.0 Å². The SMILES string of the molecule is O=Cc1cn(CCc2ccc(OCC3CCNCC3)cc2)c2ccccc12. The van der Waals surface area contributed by atoms with Gasteiger partial charge in [0.2, 0.25) is 0 Å². The van der Waals surface area contributed by atoms with Crippen LogP contribution in [-0.4, -0.2) is 30.5 Å². The third kappa shape index (κ3) is 4.22. The van der Waals surface area contributed by atoms with E-state index < -0.39 is 0 Å². The minimum atomic E-state index is 0.667. The summed E-state index contributed by atoms with van der Waals surface area (Å²) in [6.07, 6.45) is 6.21. The van der Waals surface area contributed by atoms with Crippen molar-refractivity contribution in [1.82, 2.24) is 9.88 Å². The maximum Gasteiger partial charge on any atom is 0.152 e. The van der Waals surface area contributed by atoms with Gasteiger partial charge < -0.3 is 14.6 Å². The molecule has 1 aliphatic rings. The van der Waals surface area contributed by atoms with Gasteiger partial charge in [-0.1, -0.05) is 30.3 Å². The first-order valence-electron chi connectivity index (χ1n) is 9.79. The van der Waals surface area contributed by atoms with E-state index in [2.05, 4.69) is 40.2 Å². The fourth-order valence-corrected chi connectivity index (χ4v) is 3.82. The normalized spacial score (nSPS) is 15.1. The van der Waals surface area contributed by atoms with Gasteiger partial charge in [0.1, 0.15) is 5.75 Å². The van der Waals surface area contributed by atoms with E-state index in [9.17, 15) is 4.79 Å². The highest BCUT2D eigenvalue weighted by Gasteiger charge is 2.13. The molecule has 0 spiro atoms. The number of hydrogen-bond donors (Lipinski definition) is 1. The molecule has 3 aromatic rings. The number of ether oxygens (including phenoxy) is 1. The van der Waals surface area contributed by atoms with Crippen molar-refractivity contribution in [3.8, 4) is 5.75 Å². The minimum absolute atomic E-state index is 0.667. The molecule has 0 unspecified atom stereocenters. The lowest BCUT2D eigenvalue weighted by molar-refractivity contribution is 0.112. The summed E-state index contributed by atoms with van der Waals surface area (Å²) in [5.41, 5.74) is 3.14. The van der Waals surface area contributed by atoms with Crippen molar-refractivity contribution in [3.05, 3.63) is 65.9 Å². The van der Waals surface area contributed by atoms with Crippen LogP contribution in [0.15, 0.2) is 54.7 Å². The lowest BCUT2D eigenvalue weighted by Crippen LogP contribution is -2.30. The minimum Gasteiger partial charge on any atom is -0.493 e. The zero-order chi connectivity index (χ0) is 18.5. The molecule has 4 rings (SSSR count). The zero-order valence-corrected chi connectivity index (χ0v) is 15.6. The molecule has 0 bridgehead atoms. The van der Waals surface area contributed by atoms with E-state index in [0.717, 1.165) is 61.2 Å². The zero-order valence-electron chi connectivity index (χ0n) is 15.6. The lowest BCUT2D eigenvalue weighted by atomic mass is 9.99. The third-order valence-corrected chi connectivity index (χ3v) is 5.46. The number of carbonyl (C=O) groups is 1.